The Morgan fingerprint density at radius 2 is 1.96 bits per heavy atom. The van der Waals surface area contributed by atoms with Crippen molar-refractivity contribution in [1.82, 2.24) is 0 Å². The Hall–Kier alpha value is -3.45. The minimum Gasteiger partial charge on any atom is -0.495 e. The van der Waals surface area contributed by atoms with Crippen LogP contribution in [0.5, 0.6) is 5.75 Å². The molecule has 0 radical (unpaired) electrons. The van der Waals surface area contributed by atoms with E-state index in [0.717, 1.165) is 18.2 Å². The van der Waals surface area contributed by atoms with Crippen LogP contribution in [-0.4, -0.2) is 38.4 Å². The summed E-state index contributed by atoms with van der Waals surface area (Å²) in [6.45, 7) is 1.24. The smallest absolute Gasteiger partial charge is 0.375 e. The number of sulfonamides is 1. The van der Waals surface area contributed by atoms with E-state index in [-0.39, 0.29) is 17.1 Å². The third-order valence-corrected chi connectivity index (χ3v) is 4.15. The number of benzene rings is 1. The molecule has 28 heavy (non-hydrogen) atoms. The number of esters is 1. The summed E-state index contributed by atoms with van der Waals surface area (Å²) in [7, 11) is -2.84. The van der Waals surface area contributed by atoms with Gasteiger partial charge in [-0.25, -0.2) is 18.4 Å². The van der Waals surface area contributed by atoms with Crippen LogP contribution in [0.1, 0.15) is 17.5 Å². The minimum absolute atomic E-state index is 0.000825. The lowest BCUT2D eigenvalue weighted by Crippen LogP contribution is -2.30. The summed E-state index contributed by atoms with van der Waals surface area (Å²) in [5.74, 6) is -2.24. The second-order valence-electron chi connectivity index (χ2n) is 5.34. The van der Waals surface area contributed by atoms with Gasteiger partial charge in [0.2, 0.25) is 10.9 Å². The number of carbonyl (C=O) groups excluding carboxylic acids is 2. The number of anilines is 1. The molecule has 0 fully saturated rings. The number of carbonyl (C=O) groups is 2. The summed E-state index contributed by atoms with van der Waals surface area (Å²) in [5, 5.41) is 17.4. The van der Waals surface area contributed by atoms with E-state index in [4.69, 9.17) is 19.0 Å². The normalized spacial score (nSPS) is 12.1. The first-order chi connectivity index (χ1) is 13.0. The second-order valence-corrected chi connectivity index (χ2v) is 6.83. The molecule has 0 bridgehead atoms. The summed E-state index contributed by atoms with van der Waals surface area (Å²) in [6, 6.07) is 5.55. The summed E-state index contributed by atoms with van der Waals surface area (Å²) in [5.41, 5.74) is -0.286. The zero-order chi connectivity index (χ0) is 21.1. The third kappa shape index (κ3) is 4.83. The van der Waals surface area contributed by atoms with Gasteiger partial charge in [-0.3, -0.25) is 14.9 Å². The van der Waals surface area contributed by atoms with Crippen LogP contribution in [0.4, 0.5) is 11.4 Å². The molecule has 12 nitrogen and oxygen atoms in total. The highest BCUT2D eigenvalue weighted by atomic mass is 32.2. The fraction of sp³-hybridized carbons (Fsp3) is 0.200. The number of hydrogen-bond acceptors (Lipinski definition) is 9. The molecule has 1 heterocycles. The van der Waals surface area contributed by atoms with Gasteiger partial charge in [-0.1, -0.05) is 0 Å². The molecule has 0 aliphatic heterocycles. The maximum atomic E-state index is 12.2. The number of nitro benzene ring substituents is 1. The number of rotatable bonds is 7. The number of hydrogen-bond donors (Lipinski definition) is 2. The van der Waals surface area contributed by atoms with E-state index in [9.17, 15) is 28.1 Å². The number of furan rings is 1. The van der Waals surface area contributed by atoms with Crippen LogP contribution >= 0.6 is 0 Å². The van der Waals surface area contributed by atoms with Crippen LogP contribution in [0, 0.1) is 10.1 Å². The van der Waals surface area contributed by atoms with Gasteiger partial charge in [0.05, 0.1) is 17.7 Å². The Balaban J connectivity index is 2.11. The zero-order valence-corrected chi connectivity index (χ0v) is 15.4. The molecule has 1 aromatic heterocycles. The van der Waals surface area contributed by atoms with Crippen molar-refractivity contribution in [2.75, 3.05) is 12.4 Å². The topological polar surface area (TPSA) is 181 Å². The van der Waals surface area contributed by atoms with Gasteiger partial charge in [0.1, 0.15) is 5.75 Å². The number of nitrogens with two attached hydrogens (primary N) is 1. The Labute approximate surface area is 158 Å². The van der Waals surface area contributed by atoms with E-state index < -0.39 is 43.8 Å². The Bertz CT molecular complexity index is 1030. The zero-order valence-electron chi connectivity index (χ0n) is 14.6. The van der Waals surface area contributed by atoms with E-state index in [1.165, 1.54) is 26.2 Å². The number of nitrogens with zero attached hydrogens (tertiary/aromatic N) is 1. The van der Waals surface area contributed by atoms with Gasteiger partial charge >= 0.3 is 5.97 Å². The second kappa shape index (κ2) is 8.06. The van der Waals surface area contributed by atoms with Crippen molar-refractivity contribution in [3.05, 3.63) is 46.2 Å². The summed E-state index contributed by atoms with van der Waals surface area (Å²) in [4.78, 5) is 34.4. The van der Waals surface area contributed by atoms with Crippen LogP contribution in [-0.2, 0) is 19.6 Å². The Kier molecular flexibility index (Phi) is 6.00. The van der Waals surface area contributed by atoms with Crippen molar-refractivity contribution < 1.29 is 36.8 Å². The lowest BCUT2D eigenvalue weighted by Gasteiger charge is -2.14. The van der Waals surface area contributed by atoms with Crippen LogP contribution in [0.15, 0.2) is 39.8 Å². The van der Waals surface area contributed by atoms with E-state index in [1.807, 2.05) is 0 Å². The first kappa shape index (κ1) is 20.9. The van der Waals surface area contributed by atoms with E-state index in [0.29, 0.717) is 0 Å². The molecule has 0 saturated heterocycles. The molecule has 0 aliphatic rings. The number of nitro groups is 1. The van der Waals surface area contributed by atoms with Gasteiger partial charge in [0.25, 0.3) is 21.6 Å². The van der Waals surface area contributed by atoms with Gasteiger partial charge in [-0.2, -0.15) is 0 Å². The average Bonchev–Trinajstić information content (AvgIpc) is 3.12. The first-order valence-electron chi connectivity index (χ1n) is 7.50. The molecule has 3 N–H and O–H groups in total. The number of ether oxygens (including phenoxy) is 2. The van der Waals surface area contributed by atoms with Gasteiger partial charge < -0.3 is 19.2 Å². The monoisotopic (exact) mass is 413 g/mol. The van der Waals surface area contributed by atoms with E-state index in [2.05, 4.69) is 5.32 Å². The highest BCUT2D eigenvalue weighted by Gasteiger charge is 2.24. The SMILES string of the molecule is COc1ccc([N+](=O)[O-])cc1NC(=O)C(C)OC(=O)c1ccc(S(N)(=O)=O)o1. The van der Waals surface area contributed by atoms with Crippen molar-refractivity contribution >= 4 is 33.3 Å². The van der Waals surface area contributed by atoms with Crippen LogP contribution < -0.4 is 15.2 Å². The highest BCUT2D eigenvalue weighted by Crippen LogP contribution is 2.29. The number of nitrogens with one attached hydrogen (secondary N) is 1. The van der Waals surface area contributed by atoms with Crippen molar-refractivity contribution in [1.29, 1.82) is 0 Å². The maximum Gasteiger partial charge on any atom is 0.375 e. The Morgan fingerprint density at radius 3 is 2.50 bits per heavy atom. The molecule has 150 valence electrons. The molecule has 13 heteroatoms. The minimum atomic E-state index is -4.14. The standard InChI is InChI=1S/C15H15N3O9S/c1-8(26-15(20)12-5-6-13(27-12)28(16,23)24)14(19)17-10-7-9(18(21)22)3-4-11(10)25-2/h3-8H,1-2H3,(H,17,19)(H2,16,23,24). The number of primary sulfonamides is 1. The molecule has 1 unspecified atom stereocenters. The predicted octanol–water partition coefficient (Wildman–Crippen LogP) is 1.03. The number of non-ortho nitro benzene ring substituents is 1. The van der Waals surface area contributed by atoms with Crippen LogP contribution in [0.25, 0.3) is 0 Å². The third-order valence-electron chi connectivity index (χ3n) is 3.37. The molecule has 0 saturated carbocycles. The number of amides is 1. The molecule has 1 atom stereocenters. The fourth-order valence-corrected chi connectivity index (χ4v) is 2.46. The maximum absolute atomic E-state index is 12.2. The lowest BCUT2D eigenvalue weighted by molar-refractivity contribution is -0.384. The average molecular weight is 413 g/mol. The van der Waals surface area contributed by atoms with Crippen LogP contribution in [0.2, 0.25) is 0 Å². The molecular formula is C15H15N3O9S. The fourth-order valence-electron chi connectivity index (χ4n) is 2.00. The molecule has 1 aromatic carbocycles. The Morgan fingerprint density at radius 1 is 1.29 bits per heavy atom. The predicted molar refractivity (Wildman–Crippen MR) is 93.2 cm³/mol. The highest BCUT2D eigenvalue weighted by molar-refractivity contribution is 7.89. The van der Waals surface area contributed by atoms with Crippen molar-refractivity contribution in [2.24, 2.45) is 5.14 Å². The van der Waals surface area contributed by atoms with Gasteiger partial charge in [0.15, 0.2) is 6.10 Å². The summed E-state index contributed by atoms with van der Waals surface area (Å²) in [6.07, 6.45) is -1.35. The number of methoxy groups -OCH3 is 1. The van der Waals surface area contributed by atoms with Crippen molar-refractivity contribution in [2.45, 2.75) is 18.1 Å². The largest absolute Gasteiger partial charge is 0.495 e. The van der Waals surface area contributed by atoms with Gasteiger partial charge in [-0.15, -0.1) is 0 Å². The molecule has 2 rings (SSSR count). The molecule has 0 aliphatic carbocycles. The lowest BCUT2D eigenvalue weighted by atomic mass is 10.2. The summed E-state index contributed by atoms with van der Waals surface area (Å²) >= 11 is 0. The van der Waals surface area contributed by atoms with Crippen LogP contribution in [0.3, 0.4) is 0 Å². The molecule has 0 spiro atoms. The van der Waals surface area contributed by atoms with Crippen molar-refractivity contribution in [3.63, 3.8) is 0 Å². The quantitative estimate of drug-likeness (QED) is 0.380. The molecular weight excluding hydrogens is 398 g/mol. The summed E-state index contributed by atoms with van der Waals surface area (Å²) < 4.78 is 37.0. The van der Waals surface area contributed by atoms with E-state index >= 15 is 0 Å². The van der Waals surface area contributed by atoms with E-state index in [1.54, 1.807) is 0 Å². The van der Waals surface area contributed by atoms with Gasteiger partial charge in [-0.05, 0) is 25.1 Å². The molecule has 2 aromatic rings. The van der Waals surface area contributed by atoms with Crippen molar-refractivity contribution in [3.8, 4) is 5.75 Å². The van der Waals surface area contributed by atoms with Gasteiger partial charge in [0, 0.05) is 12.1 Å². The first-order valence-corrected chi connectivity index (χ1v) is 9.04. The molecule has 1 amide bonds.